The second-order valence-electron chi connectivity index (χ2n) is 7.02. The number of aryl methyl sites for hydroxylation is 1. The summed E-state index contributed by atoms with van der Waals surface area (Å²) >= 11 is 3.72. The third kappa shape index (κ3) is 1.86. The van der Waals surface area contributed by atoms with Crippen molar-refractivity contribution in [2.75, 3.05) is 0 Å². The molecule has 1 aromatic carbocycles. The van der Waals surface area contributed by atoms with Crippen molar-refractivity contribution < 1.29 is 9.90 Å². The van der Waals surface area contributed by atoms with Crippen LogP contribution in [0.15, 0.2) is 16.6 Å². The van der Waals surface area contributed by atoms with Crippen molar-refractivity contribution in [3.63, 3.8) is 0 Å². The molecule has 0 bridgehead atoms. The number of aliphatic carboxylic acids is 1. The van der Waals surface area contributed by atoms with Gasteiger partial charge in [0.05, 0.1) is 6.42 Å². The number of rotatable bonds is 3. The molecule has 0 aliphatic heterocycles. The summed E-state index contributed by atoms with van der Waals surface area (Å²) in [6.45, 7) is 6.75. The molecule has 0 aromatic heterocycles. The summed E-state index contributed by atoms with van der Waals surface area (Å²) in [6.07, 6.45) is 3.95. The van der Waals surface area contributed by atoms with E-state index in [4.69, 9.17) is 5.11 Å². The van der Waals surface area contributed by atoms with E-state index in [1.165, 1.54) is 24.8 Å². The molecule has 0 heterocycles. The zero-order chi connectivity index (χ0) is 14.7. The van der Waals surface area contributed by atoms with E-state index in [2.05, 4.69) is 41.9 Å². The van der Waals surface area contributed by atoms with Gasteiger partial charge in [-0.25, -0.2) is 0 Å². The Morgan fingerprint density at radius 1 is 1.45 bits per heavy atom. The normalized spacial score (nSPS) is 34.9. The van der Waals surface area contributed by atoms with Gasteiger partial charge in [-0.15, -0.1) is 0 Å². The molecule has 2 fully saturated rings. The van der Waals surface area contributed by atoms with Gasteiger partial charge in [-0.3, -0.25) is 4.79 Å². The van der Waals surface area contributed by atoms with Crippen LogP contribution < -0.4 is 0 Å². The summed E-state index contributed by atoms with van der Waals surface area (Å²) in [5, 5.41) is 9.08. The second-order valence-corrected chi connectivity index (χ2v) is 7.87. The van der Waals surface area contributed by atoms with E-state index >= 15 is 0 Å². The van der Waals surface area contributed by atoms with Gasteiger partial charge in [0, 0.05) is 4.47 Å². The number of benzene rings is 1. The lowest BCUT2D eigenvalue weighted by molar-refractivity contribution is -0.136. The van der Waals surface area contributed by atoms with Crippen LogP contribution in [-0.4, -0.2) is 11.1 Å². The van der Waals surface area contributed by atoms with Crippen molar-refractivity contribution in [1.82, 2.24) is 0 Å². The molecular formula is C17H21BrO2. The summed E-state index contributed by atoms with van der Waals surface area (Å²) in [7, 11) is 0. The molecule has 0 radical (unpaired) electrons. The fraction of sp³-hybridized carbons (Fsp3) is 0.588. The van der Waals surface area contributed by atoms with Gasteiger partial charge in [-0.1, -0.05) is 35.8 Å². The number of halogens is 1. The van der Waals surface area contributed by atoms with E-state index in [0.717, 1.165) is 21.5 Å². The molecule has 108 valence electrons. The molecule has 2 aliphatic carbocycles. The van der Waals surface area contributed by atoms with Crippen molar-refractivity contribution >= 4 is 21.9 Å². The zero-order valence-corrected chi connectivity index (χ0v) is 13.9. The van der Waals surface area contributed by atoms with E-state index in [1.54, 1.807) is 0 Å². The molecule has 3 heteroatoms. The Bertz CT molecular complexity index is 593. The van der Waals surface area contributed by atoms with Crippen LogP contribution in [0.3, 0.4) is 0 Å². The lowest BCUT2D eigenvalue weighted by Crippen LogP contribution is -2.30. The van der Waals surface area contributed by atoms with Crippen molar-refractivity contribution in [3.05, 3.63) is 33.3 Å². The molecule has 20 heavy (non-hydrogen) atoms. The Morgan fingerprint density at radius 2 is 2.15 bits per heavy atom. The van der Waals surface area contributed by atoms with Gasteiger partial charge in [0.1, 0.15) is 0 Å². The number of fused-ring (bicyclic) bond motifs is 1. The van der Waals surface area contributed by atoms with Gasteiger partial charge < -0.3 is 5.11 Å². The van der Waals surface area contributed by atoms with Crippen LogP contribution in [0, 0.1) is 18.3 Å². The van der Waals surface area contributed by atoms with E-state index in [9.17, 15) is 4.79 Å². The van der Waals surface area contributed by atoms with Crippen molar-refractivity contribution in [2.45, 2.75) is 51.9 Å². The van der Waals surface area contributed by atoms with Gasteiger partial charge in [0.15, 0.2) is 0 Å². The van der Waals surface area contributed by atoms with Crippen molar-refractivity contribution in [1.29, 1.82) is 0 Å². The predicted octanol–water partition coefficient (Wildman–Crippen LogP) is 4.46. The Labute approximate surface area is 128 Å². The summed E-state index contributed by atoms with van der Waals surface area (Å²) in [6, 6.07) is 4.23. The maximum absolute atomic E-state index is 11.0. The molecule has 1 aromatic rings. The molecule has 0 amide bonds. The predicted molar refractivity (Wildman–Crippen MR) is 83.0 cm³/mol. The quantitative estimate of drug-likeness (QED) is 0.884. The Balaban J connectivity index is 2.07. The first-order valence-corrected chi connectivity index (χ1v) is 8.08. The third-order valence-corrected chi connectivity index (χ3v) is 6.68. The summed E-state index contributed by atoms with van der Waals surface area (Å²) in [5.41, 5.74) is 3.90. The van der Waals surface area contributed by atoms with Crippen LogP contribution in [0.1, 0.15) is 49.8 Å². The standard InChI is InChI=1S/C17H21BrO2/c1-10-6-14(18)13(7-11(10)8-15(19)20)16(2)5-4-12-9-17(12,16)3/h6-7,12H,4-5,8-9H2,1-3H3,(H,19,20)/t12-,16+,17+/m1/s1. The molecular weight excluding hydrogens is 316 g/mol. The van der Waals surface area contributed by atoms with Crippen LogP contribution in [0.2, 0.25) is 0 Å². The smallest absolute Gasteiger partial charge is 0.307 e. The Kier molecular flexibility index (Phi) is 3.06. The van der Waals surface area contributed by atoms with Gasteiger partial charge in [0.2, 0.25) is 0 Å². The lowest BCUT2D eigenvalue weighted by atomic mass is 9.70. The van der Waals surface area contributed by atoms with Gasteiger partial charge in [0.25, 0.3) is 0 Å². The first kappa shape index (κ1) is 14.1. The van der Waals surface area contributed by atoms with Crippen LogP contribution >= 0.6 is 15.9 Å². The number of hydrogen-bond acceptors (Lipinski definition) is 1. The number of hydrogen-bond donors (Lipinski definition) is 1. The minimum absolute atomic E-state index is 0.113. The number of carboxylic acid groups (broad SMARTS) is 1. The fourth-order valence-electron chi connectivity index (χ4n) is 4.23. The van der Waals surface area contributed by atoms with Gasteiger partial charge >= 0.3 is 5.97 Å². The minimum atomic E-state index is -0.756. The molecule has 3 atom stereocenters. The highest BCUT2D eigenvalue weighted by molar-refractivity contribution is 9.10. The molecule has 2 aliphatic rings. The maximum Gasteiger partial charge on any atom is 0.307 e. The summed E-state index contributed by atoms with van der Waals surface area (Å²) < 4.78 is 1.14. The zero-order valence-electron chi connectivity index (χ0n) is 12.3. The molecule has 2 saturated carbocycles. The highest BCUT2D eigenvalue weighted by Crippen LogP contribution is 2.72. The third-order valence-electron chi connectivity index (χ3n) is 6.03. The van der Waals surface area contributed by atoms with Crippen molar-refractivity contribution in [3.8, 4) is 0 Å². The van der Waals surface area contributed by atoms with Gasteiger partial charge in [-0.2, -0.15) is 0 Å². The molecule has 0 spiro atoms. The highest BCUT2D eigenvalue weighted by Gasteiger charge is 2.65. The topological polar surface area (TPSA) is 37.3 Å². The molecule has 0 unspecified atom stereocenters. The maximum atomic E-state index is 11.0. The van der Waals surface area contributed by atoms with Crippen LogP contribution in [-0.2, 0) is 16.6 Å². The fourth-order valence-corrected chi connectivity index (χ4v) is 5.13. The largest absolute Gasteiger partial charge is 0.481 e. The SMILES string of the molecule is Cc1cc(Br)c([C@]2(C)CC[C@@H]3C[C@@]32C)cc1CC(=O)O. The van der Waals surface area contributed by atoms with Crippen LogP contribution in [0.5, 0.6) is 0 Å². The summed E-state index contributed by atoms with van der Waals surface area (Å²) in [5.74, 6) is 0.108. The van der Waals surface area contributed by atoms with E-state index in [-0.39, 0.29) is 11.8 Å². The monoisotopic (exact) mass is 336 g/mol. The van der Waals surface area contributed by atoms with Crippen LogP contribution in [0.4, 0.5) is 0 Å². The van der Waals surface area contributed by atoms with E-state index < -0.39 is 5.97 Å². The second kappa shape index (κ2) is 4.33. The lowest BCUT2D eigenvalue weighted by Gasteiger charge is -2.35. The highest BCUT2D eigenvalue weighted by atomic mass is 79.9. The number of carbonyl (C=O) groups is 1. The number of carboxylic acids is 1. The Hall–Kier alpha value is -0.830. The van der Waals surface area contributed by atoms with E-state index in [1.807, 2.05) is 6.92 Å². The average molecular weight is 337 g/mol. The van der Waals surface area contributed by atoms with Crippen LogP contribution in [0.25, 0.3) is 0 Å². The molecule has 3 rings (SSSR count). The molecule has 0 saturated heterocycles. The minimum Gasteiger partial charge on any atom is -0.481 e. The molecule has 2 nitrogen and oxygen atoms in total. The van der Waals surface area contributed by atoms with Gasteiger partial charge in [-0.05, 0) is 65.7 Å². The average Bonchev–Trinajstić information content (AvgIpc) is 2.95. The first-order valence-electron chi connectivity index (χ1n) is 7.29. The van der Waals surface area contributed by atoms with Crippen molar-refractivity contribution in [2.24, 2.45) is 11.3 Å². The summed E-state index contributed by atoms with van der Waals surface area (Å²) in [4.78, 5) is 11.0. The Morgan fingerprint density at radius 3 is 2.65 bits per heavy atom. The first-order chi connectivity index (χ1) is 9.28. The van der Waals surface area contributed by atoms with E-state index in [0.29, 0.717) is 5.41 Å². The molecule has 1 N–H and O–H groups in total.